The fourth-order valence-corrected chi connectivity index (χ4v) is 1.31. The van der Waals surface area contributed by atoms with Gasteiger partial charge in [-0.3, -0.25) is 4.40 Å². The van der Waals surface area contributed by atoms with Gasteiger partial charge in [-0.25, -0.2) is 0 Å². The molecule has 5 heteroatoms. The van der Waals surface area contributed by atoms with Crippen LogP contribution in [0.15, 0.2) is 18.3 Å². The molecule has 0 saturated carbocycles. The lowest BCUT2D eigenvalue weighted by Gasteiger charge is -2.00. The number of fused-ring (bicyclic) bond motifs is 1. The lowest BCUT2D eigenvalue weighted by atomic mass is 10.4. The minimum Gasteiger partial charge on any atom is -0.495 e. The van der Waals surface area contributed by atoms with Gasteiger partial charge >= 0.3 is 0 Å². The second-order valence-electron chi connectivity index (χ2n) is 2.55. The lowest BCUT2D eigenvalue weighted by Crippen LogP contribution is -1.92. The van der Waals surface area contributed by atoms with Crippen molar-refractivity contribution in [2.75, 3.05) is 7.11 Å². The number of aromatic nitrogens is 3. The highest BCUT2D eigenvalue weighted by Gasteiger charge is 2.03. The molecule has 4 nitrogen and oxygen atoms in total. The number of halogens is 1. The Morgan fingerprint density at radius 3 is 3.00 bits per heavy atom. The first-order chi connectivity index (χ1) is 6.35. The zero-order valence-corrected chi connectivity index (χ0v) is 7.82. The molecule has 13 heavy (non-hydrogen) atoms. The summed E-state index contributed by atoms with van der Waals surface area (Å²) in [5.74, 6) is 1.82. The largest absolute Gasteiger partial charge is 0.495 e. The number of rotatable bonds is 2. The quantitative estimate of drug-likeness (QED) is 0.685. The van der Waals surface area contributed by atoms with Crippen molar-refractivity contribution in [2.45, 2.75) is 5.88 Å². The Bertz CT molecular complexity index is 426. The molecular weight excluding hydrogens is 190 g/mol. The predicted molar refractivity (Wildman–Crippen MR) is 49.1 cm³/mol. The molecule has 2 heterocycles. The number of hydrogen-bond donors (Lipinski definition) is 0. The van der Waals surface area contributed by atoms with Gasteiger partial charge in [-0.05, 0) is 12.1 Å². The van der Waals surface area contributed by atoms with Crippen LogP contribution in [0.2, 0.25) is 0 Å². The van der Waals surface area contributed by atoms with E-state index in [2.05, 4.69) is 10.2 Å². The van der Waals surface area contributed by atoms with E-state index in [1.807, 2.05) is 22.7 Å². The van der Waals surface area contributed by atoms with Gasteiger partial charge in [-0.1, -0.05) is 0 Å². The van der Waals surface area contributed by atoms with E-state index < -0.39 is 0 Å². The van der Waals surface area contributed by atoms with Crippen molar-refractivity contribution in [2.24, 2.45) is 0 Å². The summed E-state index contributed by atoms with van der Waals surface area (Å²) in [7, 11) is 1.62. The highest BCUT2D eigenvalue weighted by atomic mass is 35.5. The maximum absolute atomic E-state index is 5.68. The van der Waals surface area contributed by atoms with Crippen molar-refractivity contribution in [3.8, 4) is 5.75 Å². The summed E-state index contributed by atoms with van der Waals surface area (Å²) in [5, 5.41) is 7.85. The first kappa shape index (κ1) is 8.31. The summed E-state index contributed by atoms with van der Waals surface area (Å²) < 4.78 is 6.88. The molecule has 0 atom stereocenters. The Labute approximate surface area is 80.1 Å². The SMILES string of the molecule is COc1ccc2nnc(CCl)n2c1. The molecule has 0 aromatic carbocycles. The van der Waals surface area contributed by atoms with Gasteiger partial charge in [0.2, 0.25) is 0 Å². The molecule has 2 aromatic heterocycles. The van der Waals surface area contributed by atoms with Crippen molar-refractivity contribution in [1.29, 1.82) is 0 Å². The van der Waals surface area contributed by atoms with Crippen LogP contribution in [0.3, 0.4) is 0 Å². The average molecular weight is 198 g/mol. The summed E-state index contributed by atoms with van der Waals surface area (Å²) in [5.41, 5.74) is 0.774. The molecule has 0 bridgehead atoms. The van der Waals surface area contributed by atoms with E-state index in [0.29, 0.717) is 5.88 Å². The zero-order chi connectivity index (χ0) is 9.26. The number of methoxy groups -OCH3 is 1. The van der Waals surface area contributed by atoms with Gasteiger partial charge in [0.15, 0.2) is 11.5 Å². The van der Waals surface area contributed by atoms with E-state index in [1.165, 1.54) is 0 Å². The van der Waals surface area contributed by atoms with Crippen LogP contribution in [0.25, 0.3) is 5.65 Å². The topological polar surface area (TPSA) is 39.4 Å². The molecule has 0 saturated heterocycles. The van der Waals surface area contributed by atoms with E-state index >= 15 is 0 Å². The highest BCUT2D eigenvalue weighted by molar-refractivity contribution is 6.16. The van der Waals surface area contributed by atoms with Crippen LogP contribution in [0.4, 0.5) is 0 Å². The Kier molecular flexibility index (Phi) is 2.06. The van der Waals surface area contributed by atoms with Crippen molar-refractivity contribution in [3.05, 3.63) is 24.2 Å². The lowest BCUT2D eigenvalue weighted by molar-refractivity contribution is 0.412. The van der Waals surface area contributed by atoms with E-state index in [-0.39, 0.29) is 0 Å². The normalized spacial score (nSPS) is 10.6. The second-order valence-corrected chi connectivity index (χ2v) is 2.81. The van der Waals surface area contributed by atoms with Crippen LogP contribution in [-0.4, -0.2) is 21.7 Å². The smallest absolute Gasteiger partial charge is 0.161 e. The predicted octanol–water partition coefficient (Wildman–Crippen LogP) is 1.48. The molecule has 0 unspecified atom stereocenters. The standard InChI is InChI=1S/C8H8ClN3O/c1-13-6-2-3-7-10-11-8(4-9)12(7)5-6/h2-3,5H,4H2,1H3. The van der Waals surface area contributed by atoms with Crippen LogP contribution in [0, 0.1) is 0 Å². The minimum atomic E-state index is 0.342. The van der Waals surface area contributed by atoms with Crippen LogP contribution in [0.5, 0.6) is 5.75 Å². The molecule has 0 radical (unpaired) electrons. The highest BCUT2D eigenvalue weighted by Crippen LogP contribution is 2.13. The monoisotopic (exact) mass is 197 g/mol. The van der Waals surface area contributed by atoms with Crippen LogP contribution in [0.1, 0.15) is 5.82 Å². The third kappa shape index (κ3) is 1.33. The van der Waals surface area contributed by atoms with Gasteiger partial charge in [0.05, 0.1) is 19.2 Å². The van der Waals surface area contributed by atoms with E-state index in [0.717, 1.165) is 17.2 Å². The average Bonchev–Trinajstić information content (AvgIpc) is 2.59. The Balaban J connectivity index is 2.64. The summed E-state index contributed by atoms with van der Waals surface area (Å²) in [6.45, 7) is 0. The van der Waals surface area contributed by atoms with Crippen molar-refractivity contribution in [1.82, 2.24) is 14.6 Å². The molecule has 0 aliphatic carbocycles. The molecule has 0 aliphatic rings. The molecule has 2 rings (SSSR count). The maximum atomic E-state index is 5.68. The number of nitrogens with zero attached hydrogens (tertiary/aromatic N) is 3. The summed E-state index contributed by atoms with van der Waals surface area (Å²) >= 11 is 5.68. The van der Waals surface area contributed by atoms with E-state index in [4.69, 9.17) is 16.3 Å². The molecular formula is C8H8ClN3O. The third-order valence-electron chi connectivity index (χ3n) is 1.80. The number of hydrogen-bond acceptors (Lipinski definition) is 3. The maximum Gasteiger partial charge on any atom is 0.161 e. The minimum absolute atomic E-state index is 0.342. The fraction of sp³-hybridized carbons (Fsp3) is 0.250. The molecule has 0 spiro atoms. The van der Waals surface area contributed by atoms with E-state index in [9.17, 15) is 0 Å². The fourth-order valence-electron chi connectivity index (χ4n) is 1.13. The van der Waals surface area contributed by atoms with Gasteiger partial charge in [-0.15, -0.1) is 21.8 Å². The molecule has 2 aromatic rings. The van der Waals surface area contributed by atoms with Gasteiger partial charge in [0.25, 0.3) is 0 Å². The van der Waals surface area contributed by atoms with Gasteiger partial charge in [0.1, 0.15) is 5.75 Å². The summed E-state index contributed by atoms with van der Waals surface area (Å²) in [6, 6.07) is 3.67. The van der Waals surface area contributed by atoms with Crippen LogP contribution in [-0.2, 0) is 5.88 Å². The van der Waals surface area contributed by atoms with Crippen LogP contribution >= 0.6 is 11.6 Å². The zero-order valence-electron chi connectivity index (χ0n) is 7.07. The van der Waals surface area contributed by atoms with Gasteiger partial charge in [-0.2, -0.15) is 0 Å². The molecule has 0 aliphatic heterocycles. The molecule has 68 valence electrons. The third-order valence-corrected chi connectivity index (χ3v) is 2.04. The first-order valence-corrected chi connectivity index (χ1v) is 4.32. The Morgan fingerprint density at radius 1 is 1.46 bits per heavy atom. The molecule has 0 fully saturated rings. The summed E-state index contributed by atoms with van der Waals surface area (Å²) in [6.07, 6.45) is 1.81. The Morgan fingerprint density at radius 2 is 2.31 bits per heavy atom. The number of ether oxygens (including phenoxy) is 1. The van der Waals surface area contributed by atoms with Crippen molar-refractivity contribution in [3.63, 3.8) is 0 Å². The van der Waals surface area contributed by atoms with Gasteiger partial charge in [0, 0.05) is 0 Å². The number of alkyl halides is 1. The van der Waals surface area contributed by atoms with Crippen LogP contribution < -0.4 is 4.74 Å². The first-order valence-electron chi connectivity index (χ1n) is 3.79. The Hall–Kier alpha value is -1.29. The van der Waals surface area contributed by atoms with Crippen molar-refractivity contribution < 1.29 is 4.74 Å². The van der Waals surface area contributed by atoms with Gasteiger partial charge < -0.3 is 4.74 Å². The number of pyridine rings is 1. The van der Waals surface area contributed by atoms with Crippen molar-refractivity contribution >= 4 is 17.2 Å². The van der Waals surface area contributed by atoms with E-state index in [1.54, 1.807) is 7.11 Å². The summed E-state index contributed by atoms with van der Waals surface area (Å²) in [4.78, 5) is 0. The molecule has 0 N–H and O–H groups in total. The molecule has 0 amide bonds. The second kappa shape index (κ2) is 3.22.